The van der Waals surface area contributed by atoms with E-state index in [1.54, 1.807) is 24.3 Å². The van der Waals surface area contributed by atoms with E-state index >= 15 is 0 Å². The van der Waals surface area contributed by atoms with Gasteiger partial charge in [0.25, 0.3) is 0 Å². The van der Waals surface area contributed by atoms with Crippen LogP contribution in [0.15, 0.2) is 45.3 Å². The van der Waals surface area contributed by atoms with Gasteiger partial charge in [0.15, 0.2) is 11.0 Å². The molecule has 1 amide bonds. The Morgan fingerprint density at radius 3 is 2.89 bits per heavy atom. The molecule has 1 fully saturated rings. The molecular weight excluding hydrogens is 451 g/mol. The second-order valence-electron chi connectivity index (χ2n) is 6.26. The lowest BCUT2D eigenvalue weighted by atomic mass is 10.3. The first-order valence-corrected chi connectivity index (χ1v) is 11.0. The fraction of sp³-hybridized carbons (Fsp3) is 0.278. The summed E-state index contributed by atoms with van der Waals surface area (Å²) in [7, 11) is 0. The average Bonchev–Trinajstić information content (AvgIpc) is 3.16. The summed E-state index contributed by atoms with van der Waals surface area (Å²) in [6, 6.07) is 8.95. The zero-order chi connectivity index (χ0) is 19.0. The molecule has 4 rings (SSSR count). The van der Waals surface area contributed by atoms with E-state index in [1.807, 2.05) is 17.5 Å². The number of hydrogen-bond donors (Lipinski definition) is 1. The second kappa shape index (κ2) is 7.73. The normalized spacial score (nSPS) is 14.9. The summed E-state index contributed by atoms with van der Waals surface area (Å²) in [4.78, 5) is 13.6. The summed E-state index contributed by atoms with van der Waals surface area (Å²) >= 11 is 6.17. The molecule has 0 bridgehead atoms. The maximum absolute atomic E-state index is 14.0. The maximum Gasteiger partial charge on any atom is 0.237 e. The van der Waals surface area contributed by atoms with Crippen molar-refractivity contribution in [3.8, 4) is 10.7 Å². The van der Waals surface area contributed by atoms with Crippen molar-refractivity contribution in [3.05, 3.63) is 46.0 Å². The Hall–Kier alpha value is -1.71. The Labute approximate surface area is 172 Å². The van der Waals surface area contributed by atoms with Gasteiger partial charge in [-0.2, -0.15) is 0 Å². The number of benzene rings is 1. The van der Waals surface area contributed by atoms with Crippen LogP contribution in [0.1, 0.15) is 25.8 Å². The molecule has 1 atom stereocenters. The number of carbonyl (C=O) groups is 1. The van der Waals surface area contributed by atoms with Crippen LogP contribution in [0.3, 0.4) is 0 Å². The van der Waals surface area contributed by atoms with Crippen LogP contribution in [0.4, 0.5) is 10.1 Å². The van der Waals surface area contributed by atoms with Crippen LogP contribution < -0.4 is 5.32 Å². The summed E-state index contributed by atoms with van der Waals surface area (Å²) in [5.74, 6) is 0.0989. The van der Waals surface area contributed by atoms with Crippen LogP contribution in [0.5, 0.6) is 0 Å². The highest BCUT2D eigenvalue weighted by Crippen LogP contribution is 2.42. The molecular formula is C18H16BrFN4OS2. The minimum atomic E-state index is -0.476. The number of anilines is 1. The SMILES string of the molecule is C[C@H](Sc1nnc(-c2cccs2)n1C1CC1)C(=O)Nc1ccc(Br)cc1F. The van der Waals surface area contributed by atoms with Crippen molar-refractivity contribution in [1.82, 2.24) is 14.8 Å². The summed E-state index contributed by atoms with van der Waals surface area (Å²) in [5, 5.41) is 13.6. The third-order valence-electron chi connectivity index (χ3n) is 4.16. The van der Waals surface area contributed by atoms with Crippen LogP contribution in [-0.2, 0) is 4.79 Å². The number of amides is 1. The lowest BCUT2D eigenvalue weighted by Crippen LogP contribution is -2.23. The molecule has 1 aliphatic carbocycles. The highest BCUT2D eigenvalue weighted by molar-refractivity contribution is 9.10. The number of rotatable bonds is 6. The number of thiophene rings is 1. The van der Waals surface area contributed by atoms with Crippen molar-refractivity contribution >= 4 is 50.6 Å². The summed E-state index contributed by atoms with van der Waals surface area (Å²) < 4.78 is 16.7. The zero-order valence-corrected chi connectivity index (χ0v) is 17.6. The van der Waals surface area contributed by atoms with Crippen molar-refractivity contribution in [2.75, 3.05) is 5.32 Å². The van der Waals surface area contributed by atoms with Crippen molar-refractivity contribution in [2.24, 2.45) is 0 Å². The number of nitrogens with one attached hydrogen (secondary N) is 1. The highest BCUT2D eigenvalue weighted by atomic mass is 79.9. The van der Waals surface area contributed by atoms with Gasteiger partial charge in [0.2, 0.25) is 5.91 Å². The van der Waals surface area contributed by atoms with Gasteiger partial charge in [0, 0.05) is 10.5 Å². The molecule has 2 aromatic heterocycles. The minimum absolute atomic E-state index is 0.165. The number of aromatic nitrogens is 3. The molecule has 1 aromatic carbocycles. The van der Waals surface area contributed by atoms with Gasteiger partial charge in [-0.25, -0.2) is 4.39 Å². The molecule has 1 saturated carbocycles. The van der Waals surface area contributed by atoms with Gasteiger partial charge in [-0.1, -0.05) is 33.8 Å². The third-order valence-corrected chi connectivity index (χ3v) is 6.57. The molecule has 1 aliphatic rings. The van der Waals surface area contributed by atoms with E-state index in [0.29, 0.717) is 10.5 Å². The zero-order valence-electron chi connectivity index (χ0n) is 14.4. The van der Waals surface area contributed by atoms with Crippen molar-refractivity contribution in [2.45, 2.75) is 36.2 Å². The number of hydrogen-bond acceptors (Lipinski definition) is 5. The topological polar surface area (TPSA) is 59.8 Å². The molecule has 0 saturated heterocycles. The van der Waals surface area contributed by atoms with Gasteiger partial charge in [0.05, 0.1) is 15.8 Å². The molecule has 140 valence electrons. The maximum atomic E-state index is 14.0. The summed E-state index contributed by atoms with van der Waals surface area (Å²) in [5.41, 5.74) is 0.165. The molecule has 9 heteroatoms. The summed E-state index contributed by atoms with van der Waals surface area (Å²) in [6.45, 7) is 1.79. The first kappa shape index (κ1) is 18.6. The van der Waals surface area contributed by atoms with Gasteiger partial charge < -0.3 is 5.32 Å². The number of nitrogens with zero attached hydrogens (tertiary/aromatic N) is 3. The smallest absolute Gasteiger partial charge is 0.237 e. The molecule has 2 heterocycles. The Kier molecular flexibility index (Phi) is 5.34. The van der Waals surface area contributed by atoms with Crippen LogP contribution in [0.2, 0.25) is 0 Å². The first-order valence-electron chi connectivity index (χ1n) is 8.44. The predicted molar refractivity (Wildman–Crippen MR) is 110 cm³/mol. The number of halogens is 2. The fourth-order valence-corrected chi connectivity index (χ4v) is 4.59. The van der Waals surface area contributed by atoms with Gasteiger partial charge in [-0.05, 0) is 49.4 Å². The van der Waals surface area contributed by atoms with E-state index < -0.39 is 11.1 Å². The number of carbonyl (C=O) groups excluding carboxylic acids is 1. The number of thioether (sulfide) groups is 1. The second-order valence-corrected chi connectivity index (χ2v) is 9.43. The Balaban J connectivity index is 1.51. The average molecular weight is 467 g/mol. The Morgan fingerprint density at radius 2 is 2.22 bits per heavy atom. The minimum Gasteiger partial charge on any atom is -0.323 e. The molecule has 0 aliphatic heterocycles. The van der Waals surface area contributed by atoms with Crippen LogP contribution in [0.25, 0.3) is 10.7 Å². The van der Waals surface area contributed by atoms with E-state index in [2.05, 4.69) is 36.0 Å². The predicted octanol–water partition coefficient (Wildman–Crippen LogP) is 5.36. The van der Waals surface area contributed by atoms with E-state index in [9.17, 15) is 9.18 Å². The molecule has 5 nitrogen and oxygen atoms in total. The lowest BCUT2D eigenvalue weighted by Gasteiger charge is -2.13. The van der Waals surface area contributed by atoms with Crippen LogP contribution >= 0.6 is 39.0 Å². The van der Waals surface area contributed by atoms with E-state index in [0.717, 1.165) is 28.7 Å². The standard InChI is InChI=1S/C18H16BrFN4OS2/c1-10(17(25)21-14-7-4-11(19)9-13(14)20)27-18-23-22-16(15-3-2-8-26-15)24(18)12-5-6-12/h2-4,7-10,12H,5-6H2,1H3,(H,21,25)/t10-/m0/s1. The Morgan fingerprint density at radius 1 is 1.41 bits per heavy atom. The van der Waals surface area contributed by atoms with Crippen LogP contribution in [-0.4, -0.2) is 25.9 Å². The molecule has 0 unspecified atom stereocenters. The molecule has 3 aromatic rings. The van der Waals surface area contributed by atoms with E-state index in [4.69, 9.17) is 0 Å². The fourth-order valence-electron chi connectivity index (χ4n) is 2.63. The van der Waals surface area contributed by atoms with E-state index in [1.165, 1.54) is 23.9 Å². The monoisotopic (exact) mass is 466 g/mol. The van der Waals surface area contributed by atoms with Gasteiger partial charge in [-0.15, -0.1) is 21.5 Å². The Bertz CT molecular complexity index is 972. The van der Waals surface area contributed by atoms with Crippen LogP contribution in [0, 0.1) is 5.82 Å². The van der Waals surface area contributed by atoms with Gasteiger partial charge in [-0.3, -0.25) is 9.36 Å². The van der Waals surface area contributed by atoms with Crippen molar-refractivity contribution in [1.29, 1.82) is 0 Å². The lowest BCUT2D eigenvalue weighted by molar-refractivity contribution is -0.115. The molecule has 1 N–H and O–H groups in total. The molecule has 0 radical (unpaired) electrons. The largest absolute Gasteiger partial charge is 0.323 e. The highest BCUT2D eigenvalue weighted by Gasteiger charge is 2.31. The molecule has 0 spiro atoms. The molecule has 27 heavy (non-hydrogen) atoms. The third kappa shape index (κ3) is 4.09. The van der Waals surface area contributed by atoms with E-state index in [-0.39, 0.29) is 11.6 Å². The van der Waals surface area contributed by atoms with Gasteiger partial charge >= 0.3 is 0 Å². The van der Waals surface area contributed by atoms with Gasteiger partial charge in [0.1, 0.15) is 5.82 Å². The van der Waals surface area contributed by atoms with Crippen molar-refractivity contribution in [3.63, 3.8) is 0 Å². The quantitative estimate of drug-likeness (QED) is 0.496. The van der Waals surface area contributed by atoms with Crippen molar-refractivity contribution < 1.29 is 9.18 Å². The first-order chi connectivity index (χ1) is 13.0. The summed E-state index contributed by atoms with van der Waals surface area (Å²) in [6.07, 6.45) is 2.18.